The lowest BCUT2D eigenvalue weighted by Gasteiger charge is -2.34. The van der Waals surface area contributed by atoms with Gasteiger partial charge in [-0.15, -0.1) is 0 Å². The molecule has 1 amide bonds. The highest BCUT2D eigenvalue weighted by Gasteiger charge is 2.27. The normalized spacial score (nSPS) is 17.0. The molecule has 0 bridgehead atoms. The van der Waals surface area contributed by atoms with Crippen molar-refractivity contribution in [3.63, 3.8) is 0 Å². The number of hydrogen-bond donors (Lipinski definition) is 1. The van der Waals surface area contributed by atoms with Gasteiger partial charge in [0.05, 0.1) is 11.3 Å². The number of halogens is 1. The van der Waals surface area contributed by atoms with Crippen LogP contribution >= 0.6 is 11.6 Å². The van der Waals surface area contributed by atoms with Crippen molar-refractivity contribution in [1.29, 1.82) is 0 Å². The predicted molar refractivity (Wildman–Crippen MR) is 113 cm³/mol. The SMILES string of the molecule is Cc1ccc2c(Nc3cccc(Cl)c3)c(C(=O)N3CCCC[C@@H]3C)cnc2n1. The van der Waals surface area contributed by atoms with Crippen molar-refractivity contribution in [3.05, 3.63) is 58.9 Å². The van der Waals surface area contributed by atoms with E-state index in [0.717, 1.165) is 48.3 Å². The summed E-state index contributed by atoms with van der Waals surface area (Å²) in [6, 6.07) is 11.6. The Bertz CT molecular complexity index is 1040. The zero-order valence-corrected chi connectivity index (χ0v) is 16.8. The quantitative estimate of drug-likeness (QED) is 0.650. The highest BCUT2D eigenvalue weighted by molar-refractivity contribution is 6.30. The van der Waals surface area contributed by atoms with E-state index in [1.54, 1.807) is 6.20 Å². The molecule has 2 aromatic heterocycles. The minimum Gasteiger partial charge on any atom is -0.354 e. The maximum atomic E-state index is 13.4. The van der Waals surface area contributed by atoms with Gasteiger partial charge in [0, 0.05) is 40.6 Å². The Kier molecular flexibility index (Phi) is 5.18. The van der Waals surface area contributed by atoms with Crippen LogP contribution in [0.3, 0.4) is 0 Å². The fourth-order valence-electron chi connectivity index (χ4n) is 3.73. The fraction of sp³-hybridized carbons (Fsp3) is 0.318. The number of carbonyl (C=O) groups excluding carboxylic acids is 1. The number of anilines is 2. The van der Waals surface area contributed by atoms with Gasteiger partial charge in [0.15, 0.2) is 5.65 Å². The lowest BCUT2D eigenvalue weighted by molar-refractivity contribution is 0.0636. The molecule has 0 saturated carbocycles. The number of nitrogens with one attached hydrogen (secondary N) is 1. The monoisotopic (exact) mass is 394 g/mol. The van der Waals surface area contributed by atoms with E-state index in [2.05, 4.69) is 22.2 Å². The fourth-order valence-corrected chi connectivity index (χ4v) is 3.92. The zero-order chi connectivity index (χ0) is 19.7. The molecule has 0 spiro atoms. The van der Waals surface area contributed by atoms with Gasteiger partial charge < -0.3 is 10.2 Å². The molecule has 3 heterocycles. The molecule has 1 aliphatic rings. The standard InChI is InChI=1S/C22H23ClN4O/c1-14-9-10-18-20(26-17-8-5-7-16(23)12-17)19(13-24-21(18)25-14)22(28)27-11-4-3-6-15(27)2/h5,7-10,12-13,15H,3-4,6,11H2,1-2H3,(H,24,25,26)/t15-/m0/s1. The van der Waals surface area contributed by atoms with Crippen LogP contribution in [0.5, 0.6) is 0 Å². The van der Waals surface area contributed by atoms with Gasteiger partial charge in [0.25, 0.3) is 5.91 Å². The molecule has 0 unspecified atom stereocenters. The van der Waals surface area contributed by atoms with Gasteiger partial charge in [-0.2, -0.15) is 0 Å². The molecular weight excluding hydrogens is 372 g/mol. The third-order valence-electron chi connectivity index (χ3n) is 5.26. The van der Waals surface area contributed by atoms with Crippen LogP contribution in [0.15, 0.2) is 42.6 Å². The first-order chi connectivity index (χ1) is 13.5. The first-order valence-corrected chi connectivity index (χ1v) is 10.0. The molecule has 1 aromatic carbocycles. The summed E-state index contributed by atoms with van der Waals surface area (Å²) >= 11 is 6.15. The van der Waals surface area contributed by atoms with Crippen molar-refractivity contribution in [2.45, 2.75) is 39.2 Å². The minimum absolute atomic E-state index is 0.00621. The van der Waals surface area contributed by atoms with E-state index in [4.69, 9.17) is 11.6 Å². The smallest absolute Gasteiger partial charge is 0.257 e. The topological polar surface area (TPSA) is 58.1 Å². The average Bonchev–Trinajstić information content (AvgIpc) is 2.68. The molecule has 1 N–H and O–H groups in total. The number of carbonyl (C=O) groups is 1. The Morgan fingerprint density at radius 1 is 1.25 bits per heavy atom. The number of likely N-dealkylation sites (tertiary alicyclic amines) is 1. The van der Waals surface area contributed by atoms with E-state index < -0.39 is 0 Å². The number of benzene rings is 1. The number of amides is 1. The van der Waals surface area contributed by atoms with Crippen LogP contribution in [-0.2, 0) is 0 Å². The van der Waals surface area contributed by atoms with E-state index in [9.17, 15) is 4.79 Å². The van der Waals surface area contributed by atoms with E-state index in [1.165, 1.54) is 0 Å². The number of hydrogen-bond acceptors (Lipinski definition) is 4. The van der Waals surface area contributed by atoms with E-state index in [0.29, 0.717) is 16.2 Å². The van der Waals surface area contributed by atoms with Gasteiger partial charge in [-0.1, -0.05) is 17.7 Å². The Morgan fingerprint density at radius 2 is 2.11 bits per heavy atom. The maximum Gasteiger partial charge on any atom is 0.257 e. The molecule has 28 heavy (non-hydrogen) atoms. The molecule has 0 aliphatic carbocycles. The first kappa shape index (κ1) is 18.7. The summed E-state index contributed by atoms with van der Waals surface area (Å²) in [5.41, 5.74) is 3.61. The van der Waals surface area contributed by atoms with Crippen LogP contribution in [0.1, 0.15) is 42.2 Å². The molecule has 1 aliphatic heterocycles. The number of aromatic nitrogens is 2. The summed E-state index contributed by atoms with van der Waals surface area (Å²) in [7, 11) is 0. The van der Waals surface area contributed by atoms with Crippen molar-refractivity contribution in [1.82, 2.24) is 14.9 Å². The molecule has 4 rings (SSSR count). The number of piperidine rings is 1. The second-order valence-electron chi connectivity index (χ2n) is 7.35. The Labute approximate surface area is 169 Å². The third kappa shape index (κ3) is 3.67. The van der Waals surface area contributed by atoms with Gasteiger partial charge in [-0.25, -0.2) is 9.97 Å². The molecule has 3 aromatic rings. The van der Waals surface area contributed by atoms with Crippen LogP contribution in [0, 0.1) is 6.92 Å². The van der Waals surface area contributed by atoms with Crippen LogP contribution in [0.2, 0.25) is 5.02 Å². The Balaban J connectivity index is 1.83. The molecule has 5 nitrogen and oxygen atoms in total. The predicted octanol–water partition coefficient (Wildman–Crippen LogP) is 5.35. The van der Waals surface area contributed by atoms with Crippen molar-refractivity contribution < 1.29 is 4.79 Å². The number of aryl methyl sites for hydroxylation is 1. The average molecular weight is 395 g/mol. The van der Waals surface area contributed by atoms with E-state index >= 15 is 0 Å². The van der Waals surface area contributed by atoms with Crippen molar-refractivity contribution in [2.24, 2.45) is 0 Å². The second-order valence-corrected chi connectivity index (χ2v) is 7.79. The molecule has 1 fully saturated rings. The lowest BCUT2D eigenvalue weighted by atomic mass is 10.0. The van der Waals surface area contributed by atoms with Crippen LogP contribution in [-0.4, -0.2) is 33.4 Å². The summed E-state index contributed by atoms with van der Waals surface area (Å²) in [5, 5.41) is 4.85. The summed E-state index contributed by atoms with van der Waals surface area (Å²) in [6.45, 7) is 4.82. The van der Waals surface area contributed by atoms with Gasteiger partial charge in [-0.05, 0) is 63.4 Å². The maximum absolute atomic E-state index is 13.4. The van der Waals surface area contributed by atoms with Crippen LogP contribution in [0.4, 0.5) is 11.4 Å². The minimum atomic E-state index is 0.00621. The molecule has 6 heteroatoms. The van der Waals surface area contributed by atoms with Crippen molar-refractivity contribution in [3.8, 4) is 0 Å². The largest absolute Gasteiger partial charge is 0.354 e. The van der Waals surface area contributed by atoms with E-state index in [1.807, 2.05) is 48.2 Å². The molecule has 1 atom stereocenters. The van der Waals surface area contributed by atoms with Crippen LogP contribution in [0.25, 0.3) is 11.0 Å². The van der Waals surface area contributed by atoms with Crippen molar-refractivity contribution >= 4 is 39.9 Å². The van der Waals surface area contributed by atoms with Gasteiger partial charge in [0.2, 0.25) is 0 Å². The summed E-state index contributed by atoms with van der Waals surface area (Å²) in [6.07, 6.45) is 4.88. The molecular formula is C22H23ClN4O. The third-order valence-corrected chi connectivity index (χ3v) is 5.49. The summed E-state index contributed by atoms with van der Waals surface area (Å²) in [5.74, 6) is 0.00621. The summed E-state index contributed by atoms with van der Waals surface area (Å²) in [4.78, 5) is 24.4. The van der Waals surface area contributed by atoms with Gasteiger partial charge >= 0.3 is 0 Å². The second kappa shape index (κ2) is 7.76. The lowest BCUT2D eigenvalue weighted by Crippen LogP contribution is -2.42. The zero-order valence-electron chi connectivity index (χ0n) is 16.1. The molecule has 0 radical (unpaired) electrons. The highest BCUT2D eigenvalue weighted by atomic mass is 35.5. The number of fused-ring (bicyclic) bond motifs is 1. The highest BCUT2D eigenvalue weighted by Crippen LogP contribution is 2.31. The molecule has 144 valence electrons. The summed E-state index contributed by atoms with van der Waals surface area (Å²) < 4.78 is 0. The van der Waals surface area contributed by atoms with Crippen molar-refractivity contribution in [2.75, 3.05) is 11.9 Å². The number of rotatable bonds is 3. The number of pyridine rings is 2. The van der Waals surface area contributed by atoms with Gasteiger partial charge in [-0.3, -0.25) is 4.79 Å². The van der Waals surface area contributed by atoms with E-state index in [-0.39, 0.29) is 11.9 Å². The van der Waals surface area contributed by atoms with Crippen LogP contribution < -0.4 is 5.32 Å². The first-order valence-electron chi connectivity index (χ1n) is 9.63. The number of nitrogens with zero attached hydrogens (tertiary/aromatic N) is 3. The Morgan fingerprint density at radius 3 is 2.89 bits per heavy atom. The van der Waals surface area contributed by atoms with Gasteiger partial charge in [0.1, 0.15) is 0 Å². The Hall–Kier alpha value is -2.66. The molecule has 1 saturated heterocycles.